The molecule has 0 radical (unpaired) electrons. The van der Waals surface area contributed by atoms with E-state index in [0.717, 1.165) is 5.56 Å². The standard InChI is InChI=1S/C14H20O3/c1-13(2,3)14(4,5)9-6-7-11(15)10(8-9)12(16)17/h6-8,15H,1-5H3,(H,16,17). The Hall–Kier alpha value is -1.51. The molecule has 1 aromatic carbocycles. The van der Waals surface area contributed by atoms with Crippen LogP contribution in [0.3, 0.4) is 0 Å². The van der Waals surface area contributed by atoms with Crippen LogP contribution in [0.4, 0.5) is 0 Å². The molecule has 0 heterocycles. The monoisotopic (exact) mass is 236 g/mol. The molecule has 0 unspecified atom stereocenters. The van der Waals surface area contributed by atoms with E-state index in [-0.39, 0.29) is 22.1 Å². The van der Waals surface area contributed by atoms with Crippen LogP contribution < -0.4 is 0 Å². The summed E-state index contributed by atoms with van der Waals surface area (Å²) in [6, 6.07) is 4.79. The largest absolute Gasteiger partial charge is 0.507 e. The van der Waals surface area contributed by atoms with Gasteiger partial charge in [-0.2, -0.15) is 0 Å². The SMILES string of the molecule is CC(C)(C)C(C)(C)c1ccc(O)c(C(=O)O)c1. The minimum absolute atomic E-state index is 0.000252. The number of carboxylic acids is 1. The Morgan fingerprint density at radius 3 is 2.06 bits per heavy atom. The first-order chi connectivity index (χ1) is 7.57. The predicted molar refractivity (Wildman–Crippen MR) is 67.5 cm³/mol. The summed E-state index contributed by atoms with van der Waals surface area (Å²) in [5, 5.41) is 18.5. The molecule has 0 spiro atoms. The topological polar surface area (TPSA) is 57.5 Å². The van der Waals surface area contributed by atoms with Gasteiger partial charge in [0.15, 0.2) is 0 Å². The van der Waals surface area contributed by atoms with E-state index in [0.29, 0.717) is 0 Å². The zero-order valence-electron chi connectivity index (χ0n) is 11.0. The third kappa shape index (κ3) is 2.43. The Morgan fingerprint density at radius 2 is 1.65 bits per heavy atom. The normalized spacial score (nSPS) is 12.5. The van der Waals surface area contributed by atoms with Crippen LogP contribution >= 0.6 is 0 Å². The van der Waals surface area contributed by atoms with Crippen molar-refractivity contribution in [3.8, 4) is 5.75 Å². The molecule has 0 saturated heterocycles. The van der Waals surface area contributed by atoms with Crippen LogP contribution in [0.5, 0.6) is 5.75 Å². The highest BCUT2D eigenvalue weighted by atomic mass is 16.4. The number of carbonyl (C=O) groups is 1. The van der Waals surface area contributed by atoms with E-state index in [2.05, 4.69) is 34.6 Å². The third-order valence-electron chi connectivity index (χ3n) is 3.82. The van der Waals surface area contributed by atoms with Gasteiger partial charge in [-0.25, -0.2) is 4.79 Å². The Bertz CT molecular complexity index is 439. The predicted octanol–water partition coefficient (Wildman–Crippen LogP) is 3.41. The molecule has 3 heteroatoms. The number of aromatic hydroxyl groups is 1. The number of benzene rings is 1. The highest BCUT2D eigenvalue weighted by molar-refractivity contribution is 5.91. The molecule has 0 bridgehead atoms. The number of carboxylic acid groups (broad SMARTS) is 1. The van der Waals surface area contributed by atoms with Gasteiger partial charge in [0.2, 0.25) is 0 Å². The summed E-state index contributed by atoms with van der Waals surface area (Å²) < 4.78 is 0. The van der Waals surface area contributed by atoms with E-state index in [1.165, 1.54) is 6.07 Å². The zero-order valence-corrected chi connectivity index (χ0v) is 11.0. The molecule has 0 aliphatic heterocycles. The fourth-order valence-electron chi connectivity index (χ4n) is 1.53. The van der Waals surface area contributed by atoms with Crippen LogP contribution in [0.25, 0.3) is 0 Å². The van der Waals surface area contributed by atoms with Crippen molar-refractivity contribution in [1.82, 2.24) is 0 Å². The van der Waals surface area contributed by atoms with Gasteiger partial charge in [-0.3, -0.25) is 0 Å². The molecular weight excluding hydrogens is 216 g/mol. The number of hydrogen-bond donors (Lipinski definition) is 2. The van der Waals surface area contributed by atoms with E-state index in [4.69, 9.17) is 5.11 Å². The van der Waals surface area contributed by atoms with Gasteiger partial charge in [-0.15, -0.1) is 0 Å². The minimum Gasteiger partial charge on any atom is -0.507 e. The van der Waals surface area contributed by atoms with Crippen LogP contribution in [0.2, 0.25) is 0 Å². The molecule has 0 fully saturated rings. The lowest BCUT2D eigenvalue weighted by molar-refractivity contribution is 0.0693. The number of aromatic carboxylic acids is 1. The molecule has 3 nitrogen and oxygen atoms in total. The summed E-state index contributed by atoms with van der Waals surface area (Å²) in [6.07, 6.45) is 0. The molecule has 0 aliphatic carbocycles. The van der Waals surface area contributed by atoms with Crippen LogP contribution in [-0.2, 0) is 5.41 Å². The van der Waals surface area contributed by atoms with Gasteiger partial charge in [0, 0.05) is 0 Å². The zero-order chi connectivity index (χ0) is 13.4. The van der Waals surface area contributed by atoms with Crippen molar-refractivity contribution in [2.24, 2.45) is 5.41 Å². The molecule has 0 saturated carbocycles. The average molecular weight is 236 g/mol. The van der Waals surface area contributed by atoms with E-state index in [1.807, 2.05) is 0 Å². The summed E-state index contributed by atoms with van der Waals surface area (Å²) in [6.45, 7) is 10.5. The van der Waals surface area contributed by atoms with Crippen molar-refractivity contribution < 1.29 is 15.0 Å². The van der Waals surface area contributed by atoms with Gasteiger partial charge in [0.05, 0.1) is 0 Å². The van der Waals surface area contributed by atoms with Gasteiger partial charge in [-0.1, -0.05) is 40.7 Å². The maximum absolute atomic E-state index is 11.0. The van der Waals surface area contributed by atoms with Crippen molar-refractivity contribution in [3.05, 3.63) is 29.3 Å². The van der Waals surface area contributed by atoms with Gasteiger partial charge in [0.25, 0.3) is 0 Å². The highest BCUT2D eigenvalue weighted by Gasteiger charge is 2.35. The smallest absolute Gasteiger partial charge is 0.339 e. The first-order valence-corrected chi connectivity index (χ1v) is 5.64. The second-order valence-corrected chi connectivity index (χ2v) is 5.91. The van der Waals surface area contributed by atoms with E-state index in [1.54, 1.807) is 12.1 Å². The Labute approximate surface area is 102 Å². The van der Waals surface area contributed by atoms with Crippen molar-refractivity contribution in [1.29, 1.82) is 0 Å². The Balaban J connectivity index is 3.35. The summed E-state index contributed by atoms with van der Waals surface area (Å²) in [4.78, 5) is 11.0. The number of phenols is 1. The lowest BCUT2D eigenvalue weighted by Crippen LogP contribution is -2.34. The van der Waals surface area contributed by atoms with Crippen molar-refractivity contribution in [2.45, 2.75) is 40.0 Å². The molecule has 0 atom stereocenters. The first-order valence-electron chi connectivity index (χ1n) is 5.64. The molecule has 0 aromatic heterocycles. The van der Waals surface area contributed by atoms with Crippen molar-refractivity contribution >= 4 is 5.97 Å². The quantitative estimate of drug-likeness (QED) is 0.827. The van der Waals surface area contributed by atoms with E-state index in [9.17, 15) is 9.90 Å². The second-order valence-electron chi connectivity index (χ2n) is 5.91. The van der Waals surface area contributed by atoms with Gasteiger partial charge < -0.3 is 10.2 Å². The number of hydrogen-bond acceptors (Lipinski definition) is 2. The molecule has 2 N–H and O–H groups in total. The summed E-state index contributed by atoms with van der Waals surface area (Å²) >= 11 is 0. The van der Waals surface area contributed by atoms with Crippen molar-refractivity contribution in [3.63, 3.8) is 0 Å². The van der Waals surface area contributed by atoms with Gasteiger partial charge in [0.1, 0.15) is 11.3 Å². The van der Waals surface area contributed by atoms with Crippen molar-refractivity contribution in [2.75, 3.05) is 0 Å². The Morgan fingerprint density at radius 1 is 1.12 bits per heavy atom. The molecule has 17 heavy (non-hydrogen) atoms. The van der Waals surface area contributed by atoms with Crippen LogP contribution in [0.15, 0.2) is 18.2 Å². The van der Waals surface area contributed by atoms with Crippen LogP contribution in [-0.4, -0.2) is 16.2 Å². The highest BCUT2D eigenvalue weighted by Crippen LogP contribution is 2.41. The van der Waals surface area contributed by atoms with E-state index < -0.39 is 5.97 Å². The molecule has 94 valence electrons. The fraction of sp³-hybridized carbons (Fsp3) is 0.500. The van der Waals surface area contributed by atoms with E-state index >= 15 is 0 Å². The summed E-state index contributed by atoms with van der Waals surface area (Å²) in [5.41, 5.74) is 0.699. The summed E-state index contributed by atoms with van der Waals surface area (Å²) in [5.74, 6) is -1.29. The molecular formula is C14H20O3. The second kappa shape index (κ2) is 4.06. The first kappa shape index (κ1) is 13.6. The minimum atomic E-state index is -1.10. The molecule has 0 aliphatic rings. The maximum Gasteiger partial charge on any atom is 0.339 e. The lowest BCUT2D eigenvalue weighted by Gasteiger charge is -2.39. The average Bonchev–Trinajstić information content (AvgIpc) is 2.15. The molecule has 1 aromatic rings. The van der Waals surface area contributed by atoms with Crippen LogP contribution in [0.1, 0.15) is 50.5 Å². The maximum atomic E-state index is 11.0. The molecule has 1 rings (SSSR count). The number of rotatable bonds is 2. The Kier molecular flexibility index (Phi) is 3.24. The summed E-state index contributed by atoms with van der Waals surface area (Å²) in [7, 11) is 0. The fourth-order valence-corrected chi connectivity index (χ4v) is 1.53. The third-order valence-corrected chi connectivity index (χ3v) is 3.82. The lowest BCUT2D eigenvalue weighted by atomic mass is 9.65. The molecule has 0 amide bonds. The van der Waals surface area contributed by atoms with Gasteiger partial charge >= 0.3 is 5.97 Å². The van der Waals surface area contributed by atoms with Gasteiger partial charge in [-0.05, 0) is 28.5 Å². The van der Waals surface area contributed by atoms with Crippen LogP contribution in [0, 0.1) is 5.41 Å².